The van der Waals surface area contributed by atoms with Crippen molar-refractivity contribution in [3.63, 3.8) is 0 Å². The lowest BCUT2D eigenvalue weighted by Crippen LogP contribution is -2.18. The predicted octanol–water partition coefficient (Wildman–Crippen LogP) is 0.0861. The second kappa shape index (κ2) is 2.30. The van der Waals surface area contributed by atoms with Gasteiger partial charge in [0.1, 0.15) is 12.2 Å². The van der Waals surface area contributed by atoms with E-state index in [1.54, 1.807) is 6.33 Å². The van der Waals surface area contributed by atoms with Crippen LogP contribution in [-0.2, 0) is 6.42 Å². The Morgan fingerprint density at radius 3 is 2.91 bits per heavy atom. The Kier molecular flexibility index (Phi) is 1.42. The molecule has 0 atom stereocenters. The van der Waals surface area contributed by atoms with Crippen molar-refractivity contribution in [2.24, 2.45) is 11.1 Å². The first kappa shape index (κ1) is 6.79. The van der Waals surface area contributed by atoms with Gasteiger partial charge in [-0.3, -0.25) is 5.10 Å². The van der Waals surface area contributed by atoms with Gasteiger partial charge in [0, 0.05) is 6.42 Å². The number of nitrogens with zero attached hydrogens (tertiary/aromatic N) is 2. The molecule has 1 fully saturated rings. The van der Waals surface area contributed by atoms with Crippen LogP contribution in [0.4, 0.5) is 0 Å². The van der Waals surface area contributed by atoms with Crippen molar-refractivity contribution in [2.75, 3.05) is 6.54 Å². The normalized spacial score (nSPS) is 20.1. The van der Waals surface area contributed by atoms with Gasteiger partial charge in [-0.2, -0.15) is 5.10 Å². The monoisotopic (exact) mass is 152 g/mol. The van der Waals surface area contributed by atoms with Gasteiger partial charge in [-0.25, -0.2) is 4.98 Å². The maximum absolute atomic E-state index is 5.62. The molecule has 11 heavy (non-hydrogen) atoms. The van der Waals surface area contributed by atoms with Gasteiger partial charge < -0.3 is 5.73 Å². The fourth-order valence-corrected chi connectivity index (χ4v) is 1.30. The molecule has 1 heterocycles. The Hall–Kier alpha value is -0.900. The minimum absolute atomic E-state index is 0.361. The van der Waals surface area contributed by atoms with Crippen LogP contribution >= 0.6 is 0 Å². The van der Waals surface area contributed by atoms with E-state index in [1.165, 1.54) is 12.8 Å². The molecule has 0 saturated heterocycles. The van der Waals surface area contributed by atoms with Crippen LogP contribution < -0.4 is 5.73 Å². The zero-order valence-corrected chi connectivity index (χ0v) is 6.38. The fourth-order valence-electron chi connectivity index (χ4n) is 1.30. The van der Waals surface area contributed by atoms with Crippen molar-refractivity contribution in [1.29, 1.82) is 0 Å². The number of nitrogens with one attached hydrogen (secondary N) is 1. The number of H-pyrrole nitrogens is 1. The van der Waals surface area contributed by atoms with Crippen LogP contribution in [0.25, 0.3) is 0 Å². The molecule has 1 aromatic rings. The molecule has 3 N–H and O–H groups in total. The summed E-state index contributed by atoms with van der Waals surface area (Å²) in [5.74, 6) is 0.966. The summed E-state index contributed by atoms with van der Waals surface area (Å²) >= 11 is 0. The van der Waals surface area contributed by atoms with E-state index in [0.717, 1.165) is 18.8 Å². The molecule has 0 radical (unpaired) electrons. The van der Waals surface area contributed by atoms with Gasteiger partial charge in [-0.1, -0.05) is 0 Å². The van der Waals surface area contributed by atoms with Crippen molar-refractivity contribution in [3.05, 3.63) is 12.2 Å². The maximum atomic E-state index is 5.62. The van der Waals surface area contributed by atoms with Crippen molar-refractivity contribution >= 4 is 0 Å². The summed E-state index contributed by atoms with van der Waals surface area (Å²) in [6, 6.07) is 0. The fraction of sp³-hybridized carbons (Fsp3) is 0.714. The summed E-state index contributed by atoms with van der Waals surface area (Å²) in [5.41, 5.74) is 5.98. The Bertz CT molecular complexity index is 225. The summed E-state index contributed by atoms with van der Waals surface area (Å²) in [6.45, 7) is 0.772. The van der Waals surface area contributed by atoms with Crippen LogP contribution in [0.5, 0.6) is 0 Å². The van der Waals surface area contributed by atoms with Crippen LogP contribution in [0.3, 0.4) is 0 Å². The molecule has 0 amide bonds. The van der Waals surface area contributed by atoms with Crippen molar-refractivity contribution in [3.8, 4) is 0 Å². The van der Waals surface area contributed by atoms with Crippen molar-refractivity contribution in [2.45, 2.75) is 19.3 Å². The van der Waals surface area contributed by atoms with Gasteiger partial charge in [0.25, 0.3) is 0 Å². The molecule has 2 rings (SSSR count). The van der Waals surface area contributed by atoms with E-state index >= 15 is 0 Å². The highest BCUT2D eigenvalue weighted by Crippen LogP contribution is 2.46. The lowest BCUT2D eigenvalue weighted by atomic mass is 10.0. The number of rotatable bonds is 3. The number of nitrogens with two attached hydrogens (primary N) is 1. The summed E-state index contributed by atoms with van der Waals surface area (Å²) in [6.07, 6.45) is 4.99. The van der Waals surface area contributed by atoms with Crippen LogP contribution in [0, 0.1) is 5.41 Å². The molecular formula is C7H12N4. The van der Waals surface area contributed by atoms with Crippen molar-refractivity contribution < 1.29 is 0 Å². The van der Waals surface area contributed by atoms with Crippen LogP contribution in [-0.4, -0.2) is 21.7 Å². The summed E-state index contributed by atoms with van der Waals surface area (Å²) in [7, 11) is 0. The predicted molar refractivity (Wildman–Crippen MR) is 40.8 cm³/mol. The van der Waals surface area contributed by atoms with Crippen LogP contribution in [0.15, 0.2) is 6.33 Å². The number of hydrogen-bond acceptors (Lipinski definition) is 3. The number of aromatic nitrogens is 3. The summed E-state index contributed by atoms with van der Waals surface area (Å²) < 4.78 is 0. The van der Waals surface area contributed by atoms with Crippen molar-refractivity contribution in [1.82, 2.24) is 15.2 Å². The van der Waals surface area contributed by atoms with E-state index in [4.69, 9.17) is 5.73 Å². The standard InChI is InChI=1S/C7H12N4/c8-4-7(1-2-7)3-6-9-5-10-11-6/h5H,1-4,8H2,(H,9,10,11). The molecule has 1 aromatic heterocycles. The average Bonchev–Trinajstić information content (AvgIpc) is 2.59. The first-order chi connectivity index (χ1) is 5.35. The highest BCUT2D eigenvalue weighted by Gasteiger charge is 2.41. The lowest BCUT2D eigenvalue weighted by molar-refractivity contribution is 0.506. The molecule has 4 nitrogen and oxygen atoms in total. The van der Waals surface area contributed by atoms with Gasteiger partial charge in [0.2, 0.25) is 0 Å². The smallest absolute Gasteiger partial charge is 0.137 e. The Labute approximate surface area is 65.2 Å². The number of hydrogen-bond donors (Lipinski definition) is 2. The third-order valence-corrected chi connectivity index (χ3v) is 2.40. The highest BCUT2D eigenvalue weighted by molar-refractivity contribution is 5.01. The lowest BCUT2D eigenvalue weighted by Gasteiger charge is -2.07. The van der Waals surface area contributed by atoms with E-state index in [2.05, 4.69) is 15.2 Å². The zero-order chi connectivity index (χ0) is 7.73. The van der Waals surface area contributed by atoms with Gasteiger partial charge in [-0.15, -0.1) is 0 Å². The molecule has 0 aromatic carbocycles. The van der Waals surface area contributed by atoms with Gasteiger partial charge in [0.15, 0.2) is 0 Å². The van der Waals surface area contributed by atoms with Gasteiger partial charge in [0.05, 0.1) is 0 Å². The molecule has 1 aliphatic rings. The average molecular weight is 152 g/mol. The van der Waals surface area contributed by atoms with E-state index in [0.29, 0.717) is 5.41 Å². The quantitative estimate of drug-likeness (QED) is 0.644. The molecule has 60 valence electrons. The Morgan fingerprint density at radius 2 is 2.45 bits per heavy atom. The molecule has 0 bridgehead atoms. The molecule has 4 heteroatoms. The molecule has 1 aliphatic carbocycles. The third kappa shape index (κ3) is 1.26. The maximum Gasteiger partial charge on any atom is 0.137 e. The minimum Gasteiger partial charge on any atom is -0.330 e. The van der Waals surface area contributed by atoms with Crippen LogP contribution in [0.2, 0.25) is 0 Å². The second-order valence-corrected chi connectivity index (χ2v) is 3.31. The molecule has 1 saturated carbocycles. The van der Waals surface area contributed by atoms with E-state index in [9.17, 15) is 0 Å². The van der Waals surface area contributed by atoms with E-state index in [1.807, 2.05) is 0 Å². The summed E-state index contributed by atoms with van der Waals surface area (Å²) in [5, 5.41) is 6.64. The van der Waals surface area contributed by atoms with Gasteiger partial charge in [-0.05, 0) is 24.8 Å². The topological polar surface area (TPSA) is 67.6 Å². The third-order valence-electron chi connectivity index (χ3n) is 2.40. The highest BCUT2D eigenvalue weighted by atomic mass is 15.2. The first-order valence-electron chi connectivity index (χ1n) is 3.89. The first-order valence-corrected chi connectivity index (χ1v) is 3.89. The molecular weight excluding hydrogens is 140 g/mol. The zero-order valence-electron chi connectivity index (χ0n) is 6.38. The molecule has 0 unspecified atom stereocenters. The van der Waals surface area contributed by atoms with E-state index < -0.39 is 0 Å². The Morgan fingerprint density at radius 1 is 1.64 bits per heavy atom. The SMILES string of the molecule is NCC1(Cc2ncn[nH]2)CC1. The van der Waals surface area contributed by atoms with E-state index in [-0.39, 0.29) is 0 Å². The second-order valence-electron chi connectivity index (χ2n) is 3.31. The molecule has 0 spiro atoms. The molecule has 0 aliphatic heterocycles. The van der Waals surface area contributed by atoms with Gasteiger partial charge >= 0.3 is 0 Å². The Balaban J connectivity index is 2.01. The minimum atomic E-state index is 0.361. The number of aromatic amines is 1. The largest absolute Gasteiger partial charge is 0.330 e. The van der Waals surface area contributed by atoms with Crippen LogP contribution in [0.1, 0.15) is 18.7 Å². The summed E-state index contributed by atoms with van der Waals surface area (Å²) in [4.78, 5) is 4.07.